The normalized spacial score (nSPS) is 14.3. The van der Waals surface area contributed by atoms with Crippen molar-refractivity contribution < 1.29 is 17.9 Å². The van der Waals surface area contributed by atoms with E-state index in [9.17, 15) is 13.2 Å². The third-order valence-corrected chi connectivity index (χ3v) is 3.97. The van der Waals surface area contributed by atoms with Gasteiger partial charge in [0.1, 0.15) is 0 Å². The Kier molecular flexibility index (Phi) is 5.24. The van der Waals surface area contributed by atoms with Gasteiger partial charge in [-0.15, -0.1) is 12.3 Å². The molecule has 0 aromatic rings. The molecule has 1 unspecified atom stereocenters. The maximum atomic E-state index is 11.7. The highest BCUT2D eigenvalue weighted by atomic mass is 28.3. The summed E-state index contributed by atoms with van der Waals surface area (Å²) in [6.45, 7) is 3.49. The average molecular weight is 198 g/mol. The Hall–Kier alpha value is -0.293. The Labute approximate surface area is 71.8 Å². The second kappa shape index (κ2) is 5.37. The molecule has 0 aliphatic heterocycles. The van der Waals surface area contributed by atoms with Crippen molar-refractivity contribution in [2.45, 2.75) is 18.6 Å². The van der Waals surface area contributed by atoms with E-state index in [1.54, 1.807) is 5.70 Å². The first-order chi connectivity index (χ1) is 5.49. The number of alkyl halides is 3. The molecule has 0 rings (SSSR count). The van der Waals surface area contributed by atoms with Crippen molar-refractivity contribution in [3.8, 4) is 0 Å². The topological polar surface area (TPSA) is 9.23 Å². The van der Waals surface area contributed by atoms with E-state index in [0.29, 0.717) is 6.23 Å². The summed E-state index contributed by atoms with van der Waals surface area (Å²) in [4.78, 5) is 0. The predicted octanol–water partition coefficient (Wildman–Crippen LogP) is 2.08. The van der Waals surface area contributed by atoms with Gasteiger partial charge in [-0.1, -0.05) is 0 Å². The first-order valence-electron chi connectivity index (χ1n) is 3.68. The summed E-state index contributed by atoms with van der Waals surface area (Å²) in [5, 5.41) is 0. The predicted molar refractivity (Wildman–Crippen MR) is 44.7 cm³/mol. The van der Waals surface area contributed by atoms with Crippen LogP contribution in [0.25, 0.3) is 0 Å². The van der Waals surface area contributed by atoms with Crippen LogP contribution >= 0.6 is 0 Å². The Bertz CT molecular complexity index is 135. The largest absolute Gasteiger partial charge is 0.388 e. The van der Waals surface area contributed by atoms with Crippen LogP contribution < -0.4 is 0 Å². The third-order valence-electron chi connectivity index (χ3n) is 1.51. The number of methoxy groups -OCH3 is 1. The van der Waals surface area contributed by atoms with Gasteiger partial charge in [0.25, 0.3) is 0 Å². The van der Waals surface area contributed by atoms with E-state index in [-0.39, 0.29) is 6.04 Å². The van der Waals surface area contributed by atoms with Gasteiger partial charge in [0.2, 0.25) is 0 Å². The molecule has 0 N–H and O–H groups in total. The fourth-order valence-electron chi connectivity index (χ4n) is 0.832. The number of rotatable bonds is 5. The third kappa shape index (κ3) is 6.42. The second-order valence-electron chi connectivity index (χ2n) is 2.60. The van der Waals surface area contributed by atoms with Crippen molar-refractivity contribution in [2.75, 3.05) is 13.3 Å². The fourth-order valence-corrected chi connectivity index (χ4v) is 2.50. The summed E-state index contributed by atoms with van der Waals surface area (Å²) < 4.78 is 40.0. The van der Waals surface area contributed by atoms with Gasteiger partial charge in [0.15, 0.2) is 0 Å². The van der Waals surface area contributed by atoms with Crippen LogP contribution in [0.1, 0.15) is 6.42 Å². The smallest absolute Gasteiger partial charge is 0.388 e. The standard InChI is InChI=1S/C7H13F3OSi/c1-3-12(6-11-2)5-4-7(8,9)10/h3,12H,1,4-6H2,2H3. The summed E-state index contributed by atoms with van der Waals surface area (Å²) in [7, 11) is 0.00602. The van der Waals surface area contributed by atoms with Crippen LogP contribution in [0.5, 0.6) is 0 Å². The van der Waals surface area contributed by atoms with Crippen LogP contribution in [0, 0.1) is 0 Å². The molecule has 1 nitrogen and oxygen atoms in total. The molecule has 72 valence electrons. The second-order valence-corrected chi connectivity index (χ2v) is 5.51. The highest BCUT2D eigenvalue weighted by molar-refractivity contribution is 6.64. The maximum absolute atomic E-state index is 11.7. The number of hydrogen-bond donors (Lipinski definition) is 0. The van der Waals surface area contributed by atoms with Crippen LogP contribution in [0.15, 0.2) is 12.3 Å². The van der Waals surface area contributed by atoms with Gasteiger partial charge in [0, 0.05) is 19.8 Å². The van der Waals surface area contributed by atoms with E-state index in [2.05, 4.69) is 6.58 Å². The van der Waals surface area contributed by atoms with Gasteiger partial charge in [-0.25, -0.2) is 0 Å². The molecule has 0 saturated heterocycles. The van der Waals surface area contributed by atoms with Crippen molar-refractivity contribution in [3.63, 3.8) is 0 Å². The van der Waals surface area contributed by atoms with E-state index in [1.165, 1.54) is 7.11 Å². The highest BCUT2D eigenvalue weighted by Gasteiger charge is 2.27. The van der Waals surface area contributed by atoms with Crippen molar-refractivity contribution in [2.24, 2.45) is 0 Å². The summed E-state index contributed by atoms with van der Waals surface area (Å²) in [5.41, 5.74) is 1.63. The zero-order valence-electron chi connectivity index (χ0n) is 7.03. The van der Waals surface area contributed by atoms with Crippen molar-refractivity contribution in [1.29, 1.82) is 0 Å². The molecule has 0 aromatic carbocycles. The minimum absolute atomic E-state index is 0.195. The molecule has 0 amide bonds. The lowest BCUT2D eigenvalue weighted by Crippen LogP contribution is -2.20. The first kappa shape index (κ1) is 11.7. The molecule has 0 saturated carbocycles. The van der Waals surface area contributed by atoms with Crippen molar-refractivity contribution in [3.05, 3.63) is 12.3 Å². The van der Waals surface area contributed by atoms with Crippen LogP contribution in [0.3, 0.4) is 0 Å². The maximum Gasteiger partial charge on any atom is 0.388 e. The zero-order valence-corrected chi connectivity index (χ0v) is 8.18. The molecule has 0 fully saturated rings. The molecule has 0 bridgehead atoms. The number of ether oxygens (including phenoxy) is 1. The summed E-state index contributed by atoms with van der Waals surface area (Å²) >= 11 is 0. The van der Waals surface area contributed by atoms with Gasteiger partial charge in [-0.05, 0) is 6.04 Å². The molecule has 0 aromatic heterocycles. The monoisotopic (exact) mass is 198 g/mol. The minimum atomic E-state index is -4.04. The van der Waals surface area contributed by atoms with E-state index in [0.717, 1.165) is 0 Å². The van der Waals surface area contributed by atoms with E-state index >= 15 is 0 Å². The lowest BCUT2D eigenvalue weighted by atomic mass is 10.5. The van der Waals surface area contributed by atoms with Crippen LogP contribution in [0.2, 0.25) is 6.04 Å². The summed E-state index contributed by atoms with van der Waals surface area (Å²) in [6, 6.07) is 0.195. The quantitative estimate of drug-likeness (QED) is 0.614. The molecule has 5 heteroatoms. The molecular weight excluding hydrogens is 185 g/mol. The molecule has 0 radical (unpaired) electrons. The lowest BCUT2D eigenvalue weighted by Gasteiger charge is -2.10. The Balaban J connectivity index is 3.65. The zero-order chi connectivity index (χ0) is 9.61. The van der Waals surface area contributed by atoms with Crippen LogP contribution in [-0.2, 0) is 4.74 Å². The SMILES string of the molecule is C=C[SiH](CCC(F)(F)F)COC. The number of hydrogen-bond acceptors (Lipinski definition) is 1. The minimum Gasteiger partial charge on any atom is -0.388 e. The van der Waals surface area contributed by atoms with Gasteiger partial charge < -0.3 is 4.74 Å². The summed E-state index contributed by atoms with van der Waals surface area (Å²) in [5.74, 6) is 0. The number of halogens is 3. The van der Waals surface area contributed by atoms with E-state index < -0.39 is 21.4 Å². The van der Waals surface area contributed by atoms with E-state index in [4.69, 9.17) is 4.74 Å². The highest BCUT2D eigenvalue weighted by Crippen LogP contribution is 2.22. The van der Waals surface area contributed by atoms with Crippen LogP contribution in [-0.4, -0.2) is 28.3 Å². The molecular formula is C7H13F3OSi. The Morgan fingerprint density at radius 3 is 2.42 bits per heavy atom. The first-order valence-corrected chi connectivity index (χ1v) is 5.98. The average Bonchev–Trinajstić information content (AvgIpc) is 1.96. The van der Waals surface area contributed by atoms with Gasteiger partial charge in [0.05, 0.1) is 8.80 Å². The molecule has 1 atom stereocenters. The fraction of sp³-hybridized carbons (Fsp3) is 0.714. The Morgan fingerprint density at radius 1 is 1.50 bits per heavy atom. The molecule has 0 heterocycles. The molecule has 0 aliphatic rings. The summed E-state index contributed by atoms with van der Waals surface area (Å²) in [6.07, 6.45) is -4.30. The van der Waals surface area contributed by atoms with Gasteiger partial charge in [-0.3, -0.25) is 0 Å². The molecule has 0 aliphatic carbocycles. The lowest BCUT2D eigenvalue weighted by molar-refractivity contribution is -0.130. The molecule has 0 spiro atoms. The van der Waals surface area contributed by atoms with Gasteiger partial charge >= 0.3 is 6.18 Å². The van der Waals surface area contributed by atoms with Crippen molar-refractivity contribution >= 4 is 8.80 Å². The van der Waals surface area contributed by atoms with Gasteiger partial charge in [-0.2, -0.15) is 13.2 Å². The molecule has 12 heavy (non-hydrogen) atoms. The Morgan fingerprint density at radius 2 is 2.08 bits per heavy atom. The van der Waals surface area contributed by atoms with Crippen LogP contribution in [0.4, 0.5) is 13.2 Å². The van der Waals surface area contributed by atoms with Crippen molar-refractivity contribution in [1.82, 2.24) is 0 Å². The van der Waals surface area contributed by atoms with E-state index in [1.807, 2.05) is 0 Å².